The Balaban J connectivity index is 1.66. The lowest BCUT2D eigenvalue weighted by Crippen LogP contribution is -2.01. The number of allylic oxidation sites excluding steroid dienone is 1. The number of benzene rings is 3. The van der Waals surface area contributed by atoms with E-state index < -0.39 is 0 Å². The third-order valence-corrected chi connectivity index (χ3v) is 6.16. The number of rotatable bonds is 5. The van der Waals surface area contributed by atoms with Crippen LogP contribution < -0.4 is 9.47 Å². The van der Waals surface area contributed by atoms with Crippen LogP contribution in [0.3, 0.4) is 0 Å². The molecule has 4 rings (SSSR count). The number of carbonyl (C=O) groups is 1. The van der Waals surface area contributed by atoms with Gasteiger partial charge in [0, 0.05) is 31.6 Å². The average Bonchev–Trinajstić information content (AvgIpc) is 3.03. The summed E-state index contributed by atoms with van der Waals surface area (Å²) in [4.78, 5) is 14.3. The van der Waals surface area contributed by atoms with E-state index in [0.717, 1.165) is 21.6 Å². The topological polar surface area (TPSA) is 35.5 Å². The van der Waals surface area contributed by atoms with E-state index in [1.54, 1.807) is 19.2 Å². The van der Waals surface area contributed by atoms with Crippen LogP contribution in [0.2, 0.25) is 10.0 Å². The highest BCUT2D eigenvalue weighted by Crippen LogP contribution is 2.42. The quantitative estimate of drug-likeness (QED) is 0.402. The van der Waals surface area contributed by atoms with Crippen molar-refractivity contribution in [3.63, 3.8) is 0 Å². The maximum atomic E-state index is 12.7. The molecule has 1 heterocycles. The molecule has 146 valence electrons. The van der Waals surface area contributed by atoms with E-state index in [2.05, 4.69) is 0 Å². The fourth-order valence-electron chi connectivity index (χ4n) is 3.03. The molecule has 0 fully saturated rings. The van der Waals surface area contributed by atoms with Crippen molar-refractivity contribution in [1.82, 2.24) is 0 Å². The summed E-state index contributed by atoms with van der Waals surface area (Å²) >= 11 is 13.7. The van der Waals surface area contributed by atoms with Gasteiger partial charge in [0.05, 0.1) is 12.0 Å². The van der Waals surface area contributed by atoms with Crippen LogP contribution in [0, 0.1) is 0 Å². The van der Waals surface area contributed by atoms with Gasteiger partial charge in [0.1, 0.15) is 6.61 Å². The van der Waals surface area contributed by atoms with Gasteiger partial charge >= 0.3 is 0 Å². The normalized spacial score (nSPS) is 14.2. The lowest BCUT2D eigenvalue weighted by atomic mass is 10.1. The SMILES string of the molecule is COc1cccc(/C=C2\Sc3ccccc3C2=O)c1OCc1ccc(Cl)cc1Cl. The summed E-state index contributed by atoms with van der Waals surface area (Å²) in [7, 11) is 1.58. The van der Waals surface area contributed by atoms with E-state index >= 15 is 0 Å². The van der Waals surface area contributed by atoms with E-state index in [-0.39, 0.29) is 12.4 Å². The monoisotopic (exact) mass is 442 g/mol. The molecule has 0 bridgehead atoms. The Morgan fingerprint density at radius 2 is 1.86 bits per heavy atom. The highest BCUT2D eigenvalue weighted by Gasteiger charge is 2.26. The molecule has 3 aromatic carbocycles. The summed E-state index contributed by atoms with van der Waals surface area (Å²) in [5.74, 6) is 1.15. The summed E-state index contributed by atoms with van der Waals surface area (Å²) < 4.78 is 11.5. The minimum Gasteiger partial charge on any atom is -0.493 e. The number of thioether (sulfide) groups is 1. The molecule has 0 amide bonds. The van der Waals surface area contributed by atoms with Gasteiger partial charge in [-0.15, -0.1) is 0 Å². The minimum absolute atomic E-state index is 0.0140. The van der Waals surface area contributed by atoms with Crippen molar-refractivity contribution >= 4 is 46.8 Å². The average molecular weight is 443 g/mol. The molecule has 0 radical (unpaired) electrons. The number of fused-ring (bicyclic) bond motifs is 1. The number of ether oxygens (including phenoxy) is 2. The Morgan fingerprint density at radius 1 is 1.03 bits per heavy atom. The standard InChI is InChI=1S/C23H16Cl2O3S/c1-27-19-7-4-5-14(11-21-22(26)17-6-2-3-8-20(17)29-21)23(19)28-13-15-9-10-16(24)12-18(15)25/h2-12H,13H2,1H3/b21-11-. The van der Waals surface area contributed by atoms with E-state index in [1.807, 2.05) is 54.6 Å². The van der Waals surface area contributed by atoms with Gasteiger partial charge in [0.2, 0.25) is 5.78 Å². The summed E-state index contributed by atoms with van der Waals surface area (Å²) in [6.45, 7) is 0.244. The van der Waals surface area contributed by atoms with Gasteiger partial charge in [-0.25, -0.2) is 0 Å². The second-order valence-electron chi connectivity index (χ2n) is 6.34. The van der Waals surface area contributed by atoms with Gasteiger partial charge in [-0.1, -0.05) is 65.3 Å². The van der Waals surface area contributed by atoms with Crippen molar-refractivity contribution in [2.75, 3.05) is 7.11 Å². The number of para-hydroxylation sites is 1. The molecule has 0 atom stereocenters. The summed E-state index contributed by atoms with van der Waals surface area (Å²) in [6, 6.07) is 18.4. The van der Waals surface area contributed by atoms with Gasteiger partial charge in [-0.3, -0.25) is 4.79 Å². The maximum Gasteiger partial charge on any atom is 0.200 e. The molecule has 0 unspecified atom stereocenters. The van der Waals surface area contributed by atoms with Crippen LogP contribution >= 0.6 is 35.0 Å². The lowest BCUT2D eigenvalue weighted by Gasteiger charge is -2.14. The fraction of sp³-hybridized carbons (Fsp3) is 0.0870. The number of hydrogen-bond acceptors (Lipinski definition) is 4. The number of halogens is 2. The molecule has 0 saturated heterocycles. The first-order valence-electron chi connectivity index (χ1n) is 8.84. The Labute approximate surface area is 183 Å². The fourth-order valence-corrected chi connectivity index (χ4v) is 4.53. The van der Waals surface area contributed by atoms with Crippen LogP contribution in [0.4, 0.5) is 0 Å². The predicted molar refractivity (Wildman–Crippen MR) is 118 cm³/mol. The van der Waals surface area contributed by atoms with Crippen LogP contribution in [0.15, 0.2) is 70.5 Å². The third-order valence-electron chi connectivity index (χ3n) is 4.48. The van der Waals surface area contributed by atoms with Crippen molar-refractivity contribution in [2.45, 2.75) is 11.5 Å². The van der Waals surface area contributed by atoms with Gasteiger partial charge in [-0.05, 0) is 36.4 Å². The van der Waals surface area contributed by atoms with Crippen LogP contribution in [0.5, 0.6) is 11.5 Å². The Bertz CT molecular complexity index is 1120. The van der Waals surface area contributed by atoms with Gasteiger partial charge in [0.25, 0.3) is 0 Å². The summed E-state index contributed by atoms with van der Waals surface area (Å²) in [6.07, 6.45) is 1.84. The maximum absolute atomic E-state index is 12.7. The number of hydrogen-bond donors (Lipinski definition) is 0. The van der Waals surface area contributed by atoms with Gasteiger partial charge in [0.15, 0.2) is 11.5 Å². The van der Waals surface area contributed by atoms with Crippen molar-refractivity contribution in [3.8, 4) is 11.5 Å². The zero-order chi connectivity index (χ0) is 20.4. The molecule has 0 N–H and O–H groups in total. The predicted octanol–water partition coefficient (Wildman–Crippen LogP) is 6.91. The molecular formula is C23H16Cl2O3S. The minimum atomic E-state index is 0.0140. The second-order valence-corrected chi connectivity index (χ2v) is 8.27. The van der Waals surface area contributed by atoms with E-state index in [4.69, 9.17) is 32.7 Å². The zero-order valence-electron chi connectivity index (χ0n) is 15.4. The number of Topliss-reactive ketones (excluding diaryl/α,β-unsaturated/α-hetero) is 1. The Hall–Kier alpha value is -2.40. The van der Waals surface area contributed by atoms with Crippen molar-refractivity contribution < 1.29 is 14.3 Å². The zero-order valence-corrected chi connectivity index (χ0v) is 17.8. The molecule has 29 heavy (non-hydrogen) atoms. The highest BCUT2D eigenvalue weighted by molar-refractivity contribution is 8.04. The van der Waals surface area contributed by atoms with Gasteiger partial charge in [-0.2, -0.15) is 0 Å². The lowest BCUT2D eigenvalue weighted by molar-refractivity contribution is 0.104. The second kappa shape index (κ2) is 8.54. The molecule has 6 heteroatoms. The smallest absolute Gasteiger partial charge is 0.200 e. The summed E-state index contributed by atoms with van der Waals surface area (Å²) in [5.41, 5.74) is 2.29. The number of carbonyl (C=O) groups excluding carboxylic acids is 1. The largest absolute Gasteiger partial charge is 0.493 e. The van der Waals surface area contributed by atoms with Crippen LogP contribution in [-0.4, -0.2) is 12.9 Å². The van der Waals surface area contributed by atoms with Crippen LogP contribution in [-0.2, 0) is 6.61 Å². The van der Waals surface area contributed by atoms with E-state index in [1.165, 1.54) is 11.8 Å². The Morgan fingerprint density at radius 3 is 2.62 bits per heavy atom. The Kier molecular flexibility index (Phi) is 5.86. The first kappa shape index (κ1) is 19.9. The molecular weight excluding hydrogens is 427 g/mol. The first-order valence-corrected chi connectivity index (χ1v) is 10.4. The molecule has 0 aliphatic carbocycles. The molecule has 0 spiro atoms. The van der Waals surface area contributed by atoms with Crippen molar-refractivity contribution in [1.29, 1.82) is 0 Å². The van der Waals surface area contributed by atoms with Crippen LogP contribution in [0.25, 0.3) is 6.08 Å². The third kappa shape index (κ3) is 4.15. The molecule has 0 aromatic heterocycles. The van der Waals surface area contributed by atoms with Crippen molar-refractivity contribution in [3.05, 3.63) is 92.3 Å². The van der Waals surface area contributed by atoms with E-state index in [0.29, 0.717) is 26.4 Å². The van der Waals surface area contributed by atoms with Crippen LogP contribution in [0.1, 0.15) is 21.5 Å². The first-order chi connectivity index (χ1) is 14.1. The van der Waals surface area contributed by atoms with Crippen molar-refractivity contribution in [2.24, 2.45) is 0 Å². The highest BCUT2D eigenvalue weighted by atomic mass is 35.5. The number of methoxy groups -OCH3 is 1. The molecule has 1 aliphatic rings. The van der Waals surface area contributed by atoms with Gasteiger partial charge < -0.3 is 9.47 Å². The molecule has 3 nitrogen and oxygen atoms in total. The summed E-state index contributed by atoms with van der Waals surface area (Å²) in [5, 5.41) is 1.10. The van der Waals surface area contributed by atoms with E-state index in [9.17, 15) is 4.79 Å². The molecule has 1 aliphatic heterocycles. The molecule has 3 aromatic rings. The number of ketones is 1. The molecule has 0 saturated carbocycles.